The van der Waals surface area contributed by atoms with E-state index in [1.165, 1.54) is 18.2 Å². The molecule has 1 N–H and O–H groups in total. The zero-order chi connectivity index (χ0) is 19.0. The first-order chi connectivity index (χ1) is 11.3. The normalized spacial score (nSPS) is 19.6. The second-order valence-electron chi connectivity index (χ2n) is 7.66. The molecule has 1 saturated heterocycles. The third kappa shape index (κ3) is 4.69. The number of benzene rings is 1. The maximum absolute atomic E-state index is 14.5. The van der Waals surface area contributed by atoms with Crippen molar-refractivity contribution in [3.63, 3.8) is 0 Å². The Hall–Kier alpha value is -1.68. The van der Waals surface area contributed by atoms with Crippen molar-refractivity contribution in [2.75, 3.05) is 0 Å². The van der Waals surface area contributed by atoms with E-state index in [0.29, 0.717) is 5.56 Å². The number of hydrogen-bond acceptors (Lipinski definition) is 3. The van der Waals surface area contributed by atoms with Gasteiger partial charge in [-0.15, -0.1) is 0 Å². The van der Waals surface area contributed by atoms with Crippen LogP contribution in [0, 0.1) is 17.7 Å². The molecule has 0 aromatic heterocycles. The molecule has 0 aliphatic carbocycles. The molecule has 6 heteroatoms. The second-order valence-corrected chi connectivity index (χ2v) is 7.66. The number of hydrogen-bond donors (Lipinski definition) is 1. The Labute approximate surface area is 148 Å². The minimum Gasteiger partial charge on any atom is -0.398 e. The summed E-state index contributed by atoms with van der Waals surface area (Å²) in [5.41, 5.74) is -2.74. The molecule has 1 aromatic rings. The predicted octanol–water partition coefficient (Wildman–Crippen LogP) is 3.89. The third-order valence-corrected chi connectivity index (χ3v) is 4.28. The Bertz CT molecular complexity index is 736. The summed E-state index contributed by atoms with van der Waals surface area (Å²) in [6, 6.07) is 4.09. The van der Waals surface area contributed by atoms with E-state index in [9.17, 15) is 13.9 Å². The van der Waals surface area contributed by atoms with Crippen LogP contribution in [0.1, 0.15) is 52.7 Å². The van der Waals surface area contributed by atoms with Crippen molar-refractivity contribution in [2.45, 2.75) is 58.3 Å². The summed E-state index contributed by atoms with van der Waals surface area (Å²) in [6.07, 6.45) is 1.05. The quantitative estimate of drug-likeness (QED) is 0.651. The molecule has 1 aliphatic rings. The molecular weight excluding hydrogens is 325 g/mol. The first kappa shape index (κ1) is 19.6. The van der Waals surface area contributed by atoms with Gasteiger partial charge >= 0.3 is 7.12 Å². The molecule has 2 rings (SSSR count). The molecule has 3 nitrogen and oxygen atoms in total. The van der Waals surface area contributed by atoms with Crippen LogP contribution in [0.15, 0.2) is 23.9 Å². The van der Waals surface area contributed by atoms with Crippen molar-refractivity contribution >= 4 is 13.2 Å². The van der Waals surface area contributed by atoms with Crippen LogP contribution >= 0.6 is 0 Å². The highest BCUT2D eigenvalue weighted by Gasteiger charge is 2.53. The summed E-state index contributed by atoms with van der Waals surface area (Å²) >= 11 is 0. The average molecular weight is 348 g/mol. The van der Waals surface area contributed by atoms with Crippen LogP contribution < -0.4 is 0 Å². The predicted molar refractivity (Wildman–Crippen MR) is 94.7 cm³/mol. The second kappa shape index (κ2) is 6.56. The molecular formula is C19H23BF2O3. The molecule has 0 bridgehead atoms. The van der Waals surface area contributed by atoms with Crippen LogP contribution in [0.5, 0.6) is 0 Å². The fourth-order valence-corrected chi connectivity index (χ4v) is 2.13. The monoisotopic (exact) mass is 348 g/mol. The molecule has 25 heavy (non-hydrogen) atoms. The standard InChI is InChI=1S/C19H23BF2O3/c1-17(2,23)10-9-13-7-8-15(21)14(11-13)12-16(22)20-24-18(3,4)19(5,6)25-20/h7-8,11-12,23H,1-6H3. The highest BCUT2D eigenvalue weighted by atomic mass is 19.1. The van der Waals surface area contributed by atoms with Gasteiger partial charge < -0.3 is 14.4 Å². The lowest BCUT2D eigenvalue weighted by atomic mass is 9.86. The molecule has 0 saturated carbocycles. The molecule has 1 aliphatic heterocycles. The molecule has 0 spiro atoms. The van der Waals surface area contributed by atoms with Gasteiger partial charge in [-0.05, 0) is 65.8 Å². The van der Waals surface area contributed by atoms with Gasteiger partial charge in [-0.25, -0.2) is 8.78 Å². The number of rotatable bonds is 2. The summed E-state index contributed by atoms with van der Waals surface area (Å²) in [5.74, 6) is 4.79. The first-order valence-corrected chi connectivity index (χ1v) is 8.09. The maximum atomic E-state index is 14.5. The summed E-state index contributed by atoms with van der Waals surface area (Å²) in [7, 11) is -1.18. The third-order valence-electron chi connectivity index (χ3n) is 4.28. The minimum absolute atomic E-state index is 0.0368. The zero-order valence-electron chi connectivity index (χ0n) is 15.4. The van der Waals surface area contributed by atoms with Crippen LogP contribution in [-0.2, 0) is 9.31 Å². The lowest BCUT2D eigenvalue weighted by Crippen LogP contribution is -2.41. The Kier molecular flexibility index (Phi) is 5.16. The van der Waals surface area contributed by atoms with Gasteiger partial charge in [0, 0.05) is 11.1 Å². The highest BCUT2D eigenvalue weighted by molar-refractivity contribution is 6.54. The lowest BCUT2D eigenvalue weighted by Gasteiger charge is -2.32. The molecule has 1 heterocycles. The maximum Gasteiger partial charge on any atom is 0.525 e. The van der Waals surface area contributed by atoms with Crippen LogP contribution in [0.4, 0.5) is 8.78 Å². The van der Waals surface area contributed by atoms with Gasteiger partial charge in [-0.3, -0.25) is 0 Å². The fraction of sp³-hybridized carbons (Fsp3) is 0.474. The molecule has 0 atom stereocenters. The molecule has 1 fully saturated rings. The van der Waals surface area contributed by atoms with Crippen molar-refractivity contribution in [3.05, 3.63) is 40.9 Å². The van der Waals surface area contributed by atoms with Gasteiger partial charge in [0.05, 0.1) is 11.2 Å². The van der Waals surface area contributed by atoms with Crippen molar-refractivity contribution in [1.82, 2.24) is 0 Å². The molecule has 134 valence electrons. The SMILES string of the molecule is CC(C)(O)C#Cc1ccc(F)c(C=C(F)B2OC(C)(C)C(C)(C)O2)c1. The van der Waals surface area contributed by atoms with E-state index >= 15 is 0 Å². The lowest BCUT2D eigenvalue weighted by molar-refractivity contribution is 0.00578. The smallest absolute Gasteiger partial charge is 0.398 e. The summed E-state index contributed by atoms with van der Waals surface area (Å²) < 4.78 is 39.8. The van der Waals surface area contributed by atoms with E-state index in [0.717, 1.165) is 6.08 Å². The average Bonchev–Trinajstić information content (AvgIpc) is 2.67. The number of aliphatic hydroxyl groups is 1. The largest absolute Gasteiger partial charge is 0.525 e. The topological polar surface area (TPSA) is 38.7 Å². The van der Waals surface area contributed by atoms with E-state index in [1.54, 1.807) is 13.8 Å². The number of halogens is 2. The van der Waals surface area contributed by atoms with Gasteiger partial charge in [0.25, 0.3) is 0 Å². The van der Waals surface area contributed by atoms with Gasteiger partial charge in [0.1, 0.15) is 17.1 Å². The first-order valence-electron chi connectivity index (χ1n) is 8.09. The van der Waals surface area contributed by atoms with Crippen LogP contribution in [0.2, 0.25) is 0 Å². The van der Waals surface area contributed by atoms with Gasteiger partial charge in [0.2, 0.25) is 0 Å². The van der Waals surface area contributed by atoms with Crippen molar-refractivity contribution in [1.29, 1.82) is 0 Å². The zero-order valence-corrected chi connectivity index (χ0v) is 15.4. The summed E-state index contributed by atoms with van der Waals surface area (Å²) in [5, 5.41) is 9.64. The van der Waals surface area contributed by atoms with Crippen LogP contribution in [0.25, 0.3) is 6.08 Å². The van der Waals surface area contributed by atoms with Crippen LogP contribution in [0.3, 0.4) is 0 Å². The van der Waals surface area contributed by atoms with Crippen molar-refractivity contribution in [3.8, 4) is 11.8 Å². The van der Waals surface area contributed by atoms with Gasteiger partial charge in [-0.1, -0.05) is 11.8 Å². The van der Waals surface area contributed by atoms with E-state index in [1.807, 2.05) is 27.7 Å². The Morgan fingerprint density at radius 1 is 1.20 bits per heavy atom. The molecule has 0 amide bonds. The molecule has 0 radical (unpaired) electrons. The summed E-state index contributed by atoms with van der Waals surface area (Å²) in [6.45, 7) is 10.3. The van der Waals surface area contributed by atoms with Crippen molar-refractivity contribution in [2.24, 2.45) is 0 Å². The molecule has 1 aromatic carbocycles. The van der Waals surface area contributed by atoms with E-state index in [2.05, 4.69) is 11.8 Å². The van der Waals surface area contributed by atoms with Crippen LogP contribution in [-0.4, -0.2) is 29.0 Å². The molecule has 0 unspecified atom stereocenters. The van der Waals surface area contributed by atoms with Gasteiger partial charge in [0.15, 0.2) is 0 Å². The Morgan fingerprint density at radius 3 is 2.28 bits per heavy atom. The fourth-order valence-electron chi connectivity index (χ4n) is 2.13. The Morgan fingerprint density at radius 2 is 1.76 bits per heavy atom. The van der Waals surface area contributed by atoms with E-state index < -0.39 is 35.5 Å². The van der Waals surface area contributed by atoms with E-state index in [-0.39, 0.29) is 5.56 Å². The minimum atomic E-state index is -1.18. The van der Waals surface area contributed by atoms with Crippen molar-refractivity contribution < 1.29 is 23.2 Å². The van der Waals surface area contributed by atoms with Gasteiger partial charge in [-0.2, -0.15) is 0 Å². The summed E-state index contributed by atoms with van der Waals surface area (Å²) in [4.78, 5) is 0. The highest BCUT2D eigenvalue weighted by Crippen LogP contribution is 2.39. The Balaban J connectivity index is 2.30. The van der Waals surface area contributed by atoms with E-state index in [4.69, 9.17) is 9.31 Å².